The van der Waals surface area contributed by atoms with E-state index < -0.39 is 12.0 Å². The summed E-state index contributed by atoms with van der Waals surface area (Å²) in [6.07, 6.45) is -3.73. The quantitative estimate of drug-likeness (QED) is 0.716. The van der Waals surface area contributed by atoms with E-state index >= 15 is 0 Å². The number of ether oxygens (including phenoxy) is 1. The predicted molar refractivity (Wildman–Crippen MR) is 88.3 cm³/mol. The standard InChI is InChI=1S/C17H16F3N5O/c1-26-13-5-3-2-4-12(13)11-8-9-24(10-11)15-7-6-14-21-22-16(17(18,19)20)25(14)23-15/h2-7,11H,8-10H2,1H3. The van der Waals surface area contributed by atoms with Crippen molar-refractivity contribution in [3.63, 3.8) is 0 Å². The summed E-state index contributed by atoms with van der Waals surface area (Å²) in [5.74, 6) is 0.405. The molecule has 1 aromatic carbocycles. The Labute approximate surface area is 147 Å². The highest BCUT2D eigenvalue weighted by Crippen LogP contribution is 2.35. The van der Waals surface area contributed by atoms with Crippen LogP contribution in [0.2, 0.25) is 0 Å². The molecule has 9 heteroatoms. The van der Waals surface area contributed by atoms with Gasteiger partial charge in [0.05, 0.1) is 7.11 Å². The second kappa shape index (κ2) is 6.15. The Hall–Kier alpha value is -2.84. The van der Waals surface area contributed by atoms with E-state index in [0.29, 0.717) is 18.9 Å². The third kappa shape index (κ3) is 2.83. The van der Waals surface area contributed by atoms with Gasteiger partial charge in [0.2, 0.25) is 0 Å². The molecule has 1 saturated heterocycles. The lowest BCUT2D eigenvalue weighted by atomic mass is 9.97. The zero-order valence-corrected chi connectivity index (χ0v) is 13.9. The van der Waals surface area contributed by atoms with Crippen molar-refractivity contribution in [2.75, 3.05) is 25.1 Å². The summed E-state index contributed by atoms with van der Waals surface area (Å²) in [5, 5.41) is 10.9. The van der Waals surface area contributed by atoms with Gasteiger partial charge in [0.1, 0.15) is 11.6 Å². The third-order valence-electron chi connectivity index (χ3n) is 4.59. The molecular weight excluding hydrogens is 347 g/mol. The molecule has 0 spiro atoms. The molecule has 0 radical (unpaired) electrons. The number of benzene rings is 1. The molecule has 3 heterocycles. The molecule has 1 aliphatic heterocycles. The maximum atomic E-state index is 13.0. The van der Waals surface area contributed by atoms with E-state index in [4.69, 9.17) is 4.74 Å². The molecular formula is C17H16F3N5O. The Morgan fingerprint density at radius 1 is 1.12 bits per heavy atom. The fourth-order valence-corrected chi connectivity index (χ4v) is 3.35. The molecule has 26 heavy (non-hydrogen) atoms. The SMILES string of the molecule is COc1ccccc1C1CCN(c2ccc3nnc(C(F)(F)F)n3n2)C1. The van der Waals surface area contributed by atoms with Gasteiger partial charge in [-0.1, -0.05) is 18.2 Å². The van der Waals surface area contributed by atoms with E-state index in [9.17, 15) is 13.2 Å². The first-order valence-electron chi connectivity index (χ1n) is 8.15. The van der Waals surface area contributed by atoms with Gasteiger partial charge in [-0.25, -0.2) is 0 Å². The summed E-state index contributed by atoms with van der Waals surface area (Å²) in [6.45, 7) is 1.35. The Balaban J connectivity index is 1.63. The minimum Gasteiger partial charge on any atom is -0.496 e. The van der Waals surface area contributed by atoms with Crippen molar-refractivity contribution in [2.45, 2.75) is 18.5 Å². The molecule has 1 aliphatic rings. The number of aromatic nitrogens is 4. The van der Waals surface area contributed by atoms with E-state index in [-0.39, 0.29) is 11.6 Å². The average molecular weight is 363 g/mol. The number of alkyl halides is 3. The molecule has 1 unspecified atom stereocenters. The summed E-state index contributed by atoms with van der Waals surface area (Å²) in [5.41, 5.74) is 1.17. The zero-order chi connectivity index (χ0) is 18.3. The van der Waals surface area contributed by atoms with Crippen LogP contribution in [0.4, 0.5) is 19.0 Å². The Morgan fingerprint density at radius 3 is 2.69 bits per heavy atom. The molecule has 0 bridgehead atoms. The average Bonchev–Trinajstić information content (AvgIpc) is 3.27. The van der Waals surface area contributed by atoms with Crippen molar-refractivity contribution in [1.82, 2.24) is 19.8 Å². The fourth-order valence-electron chi connectivity index (χ4n) is 3.35. The highest BCUT2D eigenvalue weighted by Gasteiger charge is 2.38. The number of halogens is 3. The van der Waals surface area contributed by atoms with Crippen molar-refractivity contribution in [2.24, 2.45) is 0 Å². The van der Waals surface area contributed by atoms with E-state index in [1.54, 1.807) is 13.2 Å². The first-order chi connectivity index (χ1) is 12.5. The number of rotatable bonds is 3. The summed E-state index contributed by atoms with van der Waals surface area (Å²) in [7, 11) is 1.63. The monoisotopic (exact) mass is 363 g/mol. The summed E-state index contributed by atoms with van der Waals surface area (Å²) in [6, 6.07) is 11.0. The normalized spacial score (nSPS) is 17.8. The predicted octanol–water partition coefficient (Wildman–Crippen LogP) is 3.15. The van der Waals surface area contributed by atoms with Crippen LogP contribution in [0.25, 0.3) is 5.65 Å². The molecule has 0 saturated carbocycles. The maximum Gasteiger partial charge on any atom is 0.453 e. The van der Waals surface area contributed by atoms with Crippen LogP contribution in [0.15, 0.2) is 36.4 Å². The van der Waals surface area contributed by atoms with Crippen LogP contribution in [0.5, 0.6) is 5.75 Å². The minimum atomic E-state index is -4.60. The van der Waals surface area contributed by atoms with Gasteiger partial charge in [-0.15, -0.1) is 15.3 Å². The van der Waals surface area contributed by atoms with Gasteiger partial charge < -0.3 is 9.64 Å². The van der Waals surface area contributed by atoms with Crippen LogP contribution in [0, 0.1) is 0 Å². The van der Waals surface area contributed by atoms with Crippen LogP contribution < -0.4 is 9.64 Å². The molecule has 3 aromatic rings. The lowest BCUT2D eigenvalue weighted by Crippen LogP contribution is -2.22. The molecule has 136 valence electrons. The van der Waals surface area contributed by atoms with Gasteiger partial charge >= 0.3 is 6.18 Å². The van der Waals surface area contributed by atoms with Crippen LogP contribution in [-0.2, 0) is 6.18 Å². The molecule has 6 nitrogen and oxygen atoms in total. The number of para-hydroxylation sites is 1. The lowest BCUT2D eigenvalue weighted by molar-refractivity contribution is -0.146. The molecule has 4 rings (SSSR count). The van der Waals surface area contributed by atoms with Gasteiger partial charge in [-0.3, -0.25) is 0 Å². The zero-order valence-electron chi connectivity index (χ0n) is 13.9. The molecule has 1 fully saturated rings. The Morgan fingerprint density at radius 2 is 1.92 bits per heavy atom. The molecule has 0 aliphatic carbocycles. The Kier molecular flexibility index (Phi) is 3.93. The number of fused-ring (bicyclic) bond motifs is 1. The fraction of sp³-hybridized carbons (Fsp3) is 0.353. The van der Waals surface area contributed by atoms with Crippen molar-refractivity contribution in [3.05, 3.63) is 47.8 Å². The van der Waals surface area contributed by atoms with Gasteiger partial charge in [-0.2, -0.15) is 17.7 Å². The number of hydrogen-bond donors (Lipinski definition) is 0. The summed E-state index contributed by atoms with van der Waals surface area (Å²) < 4.78 is 45.3. The van der Waals surface area contributed by atoms with Crippen molar-refractivity contribution in [1.29, 1.82) is 0 Å². The van der Waals surface area contributed by atoms with E-state index in [0.717, 1.165) is 22.2 Å². The van der Waals surface area contributed by atoms with Crippen LogP contribution in [0.3, 0.4) is 0 Å². The minimum absolute atomic E-state index is 0.0709. The van der Waals surface area contributed by atoms with Gasteiger partial charge in [0, 0.05) is 19.0 Å². The van der Waals surface area contributed by atoms with Crippen molar-refractivity contribution < 1.29 is 17.9 Å². The number of methoxy groups -OCH3 is 1. The number of hydrogen-bond acceptors (Lipinski definition) is 5. The van der Waals surface area contributed by atoms with Crippen molar-refractivity contribution in [3.8, 4) is 5.75 Å². The summed E-state index contributed by atoms with van der Waals surface area (Å²) >= 11 is 0. The maximum absolute atomic E-state index is 13.0. The highest BCUT2D eigenvalue weighted by molar-refractivity contribution is 5.48. The van der Waals surface area contributed by atoms with E-state index in [1.165, 1.54) is 6.07 Å². The van der Waals surface area contributed by atoms with E-state index in [2.05, 4.69) is 15.3 Å². The first kappa shape index (κ1) is 16.6. The topological polar surface area (TPSA) is 55.5 Å². The molecule has 1 atom stereocenters. The highest BCUT2D eigenvalue weighted by atomic mass is 19.4. The lowest BCUT2D eigenvalue weighted by Gasteiger charge is -2.18. The first-order valence-corrected chi connectivity index (χ1v) is 8.15. The third-order valence-corrected chi connectivity index (χ3v) is 4.59. The van der Waals surface area contributed by atoms with Gasteiger partial charge in [0.25, 0.3) is 5.82 Å². The van der Waals surface area contributed by atoms with Gasteiger partial charge in [-0.05, 0) is 30.2 Å². The number of anilines is 1. The van der Waals surface area contributed by atoms with Crippen LogP contribution >= 0.6 is 0 Å². The molecule has 0 N–H and O–H groups in total. The number of nitrogens with zero attached hydrogens (tertiary/aromatic N) is 5. The smallest absolute Gasteiger partial charge is 0.453 e. The Bertz CT molecular complexity index is 940. The largest absolute Gasteiger partial charge is 0.496 e. The summed E-state index contributed by atoms with van der Waals surface area (Å²) in [4.78, 5) is 1.97. The van der Waals surface area contributed by atoms with Crippen molar-refractivity contribution >= 4 is 11.5 Å². The van der Waals surface area contributed by atoms with E-state index in [1.807, 2.05) is 29.2 Å². The second-order valence-electron chi connectivity index (χ2n) is 6.16. The van der Waals surface area contributed by atoms with Crippen LogP contribution in [0.1, 0.15) is 23.7 Å². The molecule has 0 amide bonds. The van der Waals surface area contributed by atoms with Crippen LogP contribution in [-0.4, -0.2) is 40.0 Å². The molecule has 2 aromatic heterocycles. The second-order valence-corrected chi connectivity index (χ2v) is 6.16. The van der Waals surface area contributed by atoms with Gasteiger partial charge in [0.15, 0.2) is 5.65 Å².